The third kappa shape index (κ3) is 3.97. The SMILES string of the molecule is Cc1nonc1C(=O)N(CCCO)Cc1ccc(Cl)c(Cl)c1. The smallest absolute Gasteiger partial charge is 0.278 e. The topological polar surface area (TPSA) is 79.5 Å². The van der Waals surface area contributed by atoms with Gasteiger partial charge in [-0.25, -0.2) is 4.63 Å². The van der Waals surface area contributed by atoms with Crippen molar-refractivity contribution in [3.8, 4) is 0 Å². The summed E-state index contributed by atoms with van der Waals surface area (Å²) in [5, 5.41) is 17.1. The lowest BCUT2D eigenvalue weighted by Gasteiger charge is -2.21. The highest BCUT2D eigenvalue weighted by Gasteiger charge is 2.22. The van der Waals surface area contributed by atoms with Gasteiger partial charge in [0.25, 0.3) is 5.91 Å². The predicted molar refractivity (Wildman–Crippen MR) is 81.9 cm³/mol. The zero-order valence-corrected chi connectivity index (χ0v) is 13.4. The van der Waals surface area contributed by atoms with Crippen LogP contribution in [-0.4, -0.2) is 39.4 Å². The fourth-order valence-electron chi connectivity index (χ4n) is 1.95. The van der Waals surface area contributed by atoms with E-state index in [0.717, 1.165) is 5.56 Å². The van der Waals surface area contributed by atoms with Gasteiger partial charge in [0.15, 0.2) is 5.69 Å². The highest BCUT2D eigenvalue weighted by atomic mass is 35.5. The van der Waals surface area contributed by atoms with E-state index in [0.29, 0.717) is 35.2 Å². The van der Waals surface area contributed by atoms with E-state index in [1.165, 1.54) is 0 Å². The normalized spacial score (nSPS) is 10.7. The summed E-state index contributed by atoms with van der Waals surface area (Å²) in [4.78, 5) is 14.1. The Morgan fingerprint density at radius 3 is 2.68 bits per heavy atom. The van der Waals surface area contributed by atoms with Gasteiger partial charge < -0.3 is 10.0 Å². The molecule has 0 bridgehead atoms. The van der Waals surface area contributed by atoms with Gasteiger partial charge in [0.2, 0.25) is 0 Å². The maximum Gasteiger partial charge on any atom is 0.278 e. The molecule has 0 aliphatic carbocycles. The molecule has 0 aliphatic rings. The molecule has 22 heavy (non-hydrogen) atoms. The Hall–Kier alpha value is -1.63. The Balaban J connectivity index is 2.20. The number of aryl methyl sites for hydroxylation is 1. The van der Waals surface area contributed by atoms with E-state index in [4.69, 9.17) is 28.3 Å². The Kier molecular flexibility index (Phi) is 5.76. The van der Waals surface area contributed by atoms with Crippen molar-refractivity contribution in [1.82, 2.24) is 15.2 Å². The van der Waals surface area contributed by atoms with Crippen molar-refractivity contribution in [3.05, 3.63) is 45.2 Å². The minimum Gasteiger partial charge on any atom is -0.396 e. The molecule has 0 unspecified atom stereocenters. The molecule has 1 heterocycles. The van der Waals surface area contributed by atoms with Crippen LogP contribution in [-0.2, 0) is 6.54 Å². The van der Waals surface area contributed by atoms with E-state index in [2.05, 4.69) is 14.9 Å². The second-order valence-electron chi connectivity index (χ2n) is 4.75. The fraction of sp³-hybridized carbons (Fsp3) is 0.357. The quantitative estimate of drug-likeness (QED) is 0.872. The van der Waals surface area contributed by atoms with Gasteiger partial charge in [0.1, 0.15) is 5.69 Å². The van der Waals surface area contributed by atoms with Crippen LogP contribution in [0.3, 0.4) is 0 Å². The Morgan fingerprint density at radius 2 is 2.09 bits per heavy atom. The van der Waals surface area contributed by atoms with Crippen LogP contribution in [0.1, 0.15) is 28.2 Å². The highest BCUT2D eigenvalue weighted by Crippen LogP contribution is 2.23. The van der Waals surface area contributed by atoms with E-state index in [9.17, 15) is 4.79 Å². The van der Waals surface area contributed by atoms with Crippen molar-refractivity contribution >= 4 is 29.1 Å². The molecular weight excluding hydrogens is 329 g/mol. The number of carbonyl (C=O) groups excluding carboxylic acids is 1. The number of hydrogen-bond acceptors (Lipinski definition) is 5. The third-order valence-electron chi connectivity index (χ3n) is 3.09. The van der Waals surface area contributed by atoms with Crippen molar-refractivity contribution in [2.75, 3.05) is 13.2 Å². The second kappa shape index (κ2) is 7.58. The first-order valence-corrected chi connectivity index (χ1v) is 7.41. The molecule has 6 nitrogen and oxygen atoms in total. The average Bonchev–Trinajstić information content (AvgIpc) is 2.92. The largest absolute Gasteiger partial charge is 0.396 e. The highest BCUT2D eigenvalue weighted by molar-refractivity contribution is 6.42. The van der Waals surface area contributed by atoms with Crippen LogP contribution >= 0.6 is 23.2 Å². The van der Waals surface area contributed by atoms with Crippen molar-refractivity contribution in [1.29, 1.82) is 0 Å². The maximum atomic E-state index is 12.5. The molecule has 8 heteroatoms. The lowest BCUT2D eigenvalue weighted by atomic mass is 10.2. The van der Waals surface area contributed by atoms with Gasteiger partial charge in [0.05, 0.1) is 10.0 Å². The molecule has 0 aliphatic heterocycles. The first kappa shape index (κ1) is 16.7. The summed E-state index contributed by atoms with van der Waals surface area (Å²) < 4.78 is 4.57. The molecule has 0 saturated carbocycles. The summed E-state index contributed by atoms with van der Waals surface area (Å²) in [6, 6.07) is 5.18. The lowest BCUT2D eigenvalue weighted by molar-refractivity contribution is 0.0720. The standard InChI is InChI=1S/C14H15Cl2N3O3/c1-9-13(18-22-17-9)14(21)19(5-2-6-20)8-10-3-4-11(15)12(16)7-10/h3-4,7,20H,2,5-6,8H2,1H3. The Labute approximate surface area is 137 Å². The molecule has 0 fully saturated rings. The van der Waals surface area contributed by atoms with Gasteiger partial charge in [-0.1, -0.05) is 34.4 Å². The molecule has 1 amide bonds. The number of aliphatic hydroxyl groups excluding tert-OH is 1. The zero-order chi connectivity index (χ0) is 16.1. The van der Waals surface area contributed by atoms with Crippen LogP contribution < -0.4 is 0 Å². The Bertz CT molecular complexity index is 661. The zero-order valence-electron chi connectivity index (χ0n) is 11.9. The molecule has 0 atom stereocenters. The minimum atomic E-state index is -0.307. The number of aliphatic hydroxyl groups is 1. The molecular formula is C14H15Cl2N3O3. The predicted octanol–water partition coefficient (Wildman–Crippen LogP) is 2.71. The summed E-state index contributed by atoms with van der Waals surface area (Å²) in [5.74, 6) is -0.307. The van der Waals surface area contributed by atoms with Crippen LogP contribution in [0, 0.1) is 6.92 Å². The van der Waals surface area contributed by atoms with Gasteiger partial charge in [-0.15, -0.1) is 0 Å². The summed E-state index contributed by atoms with van der Waals surface area (Å²) in [5.41, 5.74) is 1.42. The number of amides is 1. The van der Waals surface area contributed by atoms with E-state index in [1.54, 1.807) is 30.0 Å². The third-order valence-corrected chi connectivity index (χ3v) is 3.82. The first-order chi connectivity index (χ1) is 10.5. The number of aromatic nitrogens is 2. The van der Waals surface area contributed by atoms with Crippen molar-refractivity contribution in [2.24, 2.45) is 0 Å². The van der Waals surface area contributed by atoms with E-state index in [1.807, 2.05) is 0 Å². The molecule has 1 aromatic carbocycles. The number of halogens is 2. The molecule has 1 N–H and O–H groups in total. The summed E-state index contributed by atoms with van der Waals surface area (Å²) in [7, 11) is 0. The van der Waals surface area contributed by atoms with E-state index < -0.39 is 0 Å². The van der Waals surface area contributed by atoms with Crippen molar-refractivity contribution in [3.63, 3.8) is 0 Å². The van der Waals surface area contributed by atoms with Gasteiger partial charge in [-0.05, 0) is 36.2 Å². The number of nitrogens with zero attached hydrogens (tertiary/aromatic N) is 3. The van der Waals surface area contributed by atoms with Crippen molar-refractivity contribution < 1.29 is 14.5 Å². The molecule has 0 radical (unpaired) electrons. The number of benzene rings is 1. The van der Waals surface area contributed by atoms with Gasteiger partial charge in [-0.3, -0.25) is 4.79 Å². The van der Waals surface area contributed by atoms with E-state index >= 15 is 0 Å². The fourth-order valence-corrected chi connectivity index (χ4v) is 2.27. The first-order valence-electron chi connectivity index (χ1n) is 6.66. The maximum absolute atomic E-state index is 12.5. The van der Waals surface area contributed by atoms with Crippen LogP contribution in [0.2, 0.25) is 10.0 Å². The molecule has 118 valence electrons. The number of rotatable bonds is 6. The summed E-state index contributed by atoms with van der Waals surface area (Å²) in [6.45, 7) is 2.33. The summed E-state index contributed by atoms with van der Waals surface area (Å²) >= 11 is 11.9. The van der Waals surface area contributed by atoms with Crippen LogP contribution in [0.5, 0.6) is 0 Å². The van der Waals surface area contributed by atoms with Crippen molar-refractivity contribution in [2.45, 2.75) is 19.9 Å². The van der Waals surface area contributed by atoms with Crippen LogP contribution in [0.15, 0.2) is 22.8 Å². The van der Waals surface area contributed by atoms with Crippen LogP contribution in [0.4, 0.5) is 0 Å². The molecule has 2 aromatic rings. The van der Waals surface area contributed by atoms with Crippen LogP contribution in [0.25, 0.3) is 0 Å². The minimum absolute atomic E-state index is 0.0127. The molecule has 0 spiro atoms. The average molecular weight is 344 g/mol. The number of carbonyl (C=O) groups is 1. The summed E-state index contributed by atoms with van der Waals surface area (Å²) in [6.07, 6.45) is 0.456. The Morgan fingerprint density at radius 1 is 1.32 bits per heavy atom. The molecule has 1 aromatic heterocycles. The van der Waals surface area contributed by atoms with Gasteiger partial charge >= 0.3 is 0 Å². The molecule has 0 saturated heterocycles. The van der Waals surface area contributed by atoms with E-state index in [-0.39, 0.29) is 18.2 Å². The monoisotopic (exact) mass is 343 g/mol. The molecule has 2 rings (SSSR count). The lowest BCUT2D eigenvalue weighted by Crippen LogP contribution is -2.32. The van der Waals surface area contributed by atoms with Gasteiger partial charge in [0, 0.05) is 19.7 Å². The second-order valence-corrected chi connectivity index (χ2v) is 5.56. The van der Waals surface area contributed by atoms with Gasteiger partial charge in [-0.2, -0.15) is 0 Å². The number of hydrogen-bond donors (Lipinski definition) is 1.